The first kappa shape index (κ1) is 25.0. The third-order valence-corrected chi connectivity index (χ3v) is 11.8. The van der Waals surface area contributed by atoms with Crippen molar-refractivity contribution in [3.8, 4) is 16.9 Å². The van der Waals surface area contributed by atoms with Gasteiger partial charge in [0.05, 0.1) is 0 Å². The summed E-state index contributed by atoms with van der Waals surface area (Å²) < 4.78 is 12.5. The molecule has 5 heteroatoms. The molecule has 2 aromatic rings. The molecule has 4 nitrogen and oxygen atoms in total. The number of benzene rings is 2. The summed E-state index contributed by atoms with van der Waals surface area (Å²) in [6.45, 7) is 19.9. The molecule has 3 rings (SSSR count). The van der Waals surface area contributed by atoms with Crippen molar-refractivity contribution in [3.63, 3.8) is 0 Å². The molecule has 0 saturated carbocycles. The molecule has 0 N–H and O–H groups in total. The van der Waals surface area contributed by atoms with E-state index in [1.165, 1.54) is 0 Å². The van der Waals surface area contributed by atoms with Crippen LogP contribution in [-0.2, 0) is 20.3 Å². The van der Waals surface area contributed by atoms with Gasteiger partial charge in [-0.1, -0.05) is 84.9 Å². The van der Waals surface area contributed by atoms with Gasteiger partial charge in [0, 0.05) is 12.7 Å². The molecule has 1 fully saturated rings. The fourth-order valence-corrected chi connectivity index (χ4v) is 5.51. The van der Waals surface area contributed by atoms with E-state index in [0.717, 1.165) is 22.4 Å². The van der Waals surface area contributed by atoms with Gasteiger partial charge in [0.1, 0.15) is 5.75 Å². The molecule has 0 aliphatic carbocycles. The van der Waals surface area contributed by atoms with E-state index < -0.39 is 19.7 Å². The molecule has 0 spiro atoms. The molecule has 1 unspecified atom stereocenters. The number of ether oxygens (including phenoxy) is 1. The number of hydrogen-bond acceptors (Lipinski definition) is 4. The van der Waals surface area contributed by atoms with Crippen molar-refractivity contribution in [3.05, 3.63) is 54.1 Å². The van der Waals surface area contributed by atoms with Gasteiger partial charge >= 0.3 is 0 Å². The highest BCUT2D eigenvalue weighted by Crippen LogP contribution is 2.56. The molecule has 176 valence electrons. The molecule has 1 aliphatic heterocycles. The molecule has 0 amide bonds. The van der Waals surface area contributed by atoms with Gasteiger partial charge in [-0.2, -0.15) is 4.89 Å². The van der Waals surface area contributed by atoms with Crippen molar-refractivity contribution in [1.29, 1.82) is 0 Å². The maximum atomic E-state index is 6.51. The van der Waals surface area contributed by atoms with Crippen LogP contribution in [0.1, 0.15) is 54.0 Å². The molecule has 2 aromatic carbocycles. The lowest BCUT2D eigenvalue weighted by Crippen LogP contribution is -2.70. The van der Waals surface area contributed by atoms with Crippen LogP contribution in [0.15, 0.2) is 48.5 Å². The van der Waals surface area contributed by atoms with Gasteiger partial charge in [0.25, 0.3) is 5.79 Å². The SMILES string of the molecule is COC1(c2ccc(-c3cccc(O[Si](C)(C)C(C)(C)C)c3)cc2)OOC1(C(C)C)C(C)C. The van der Waals surface area contributed by atoms with Crippen LogP contribution in [0.2, 0.25) is 18.1 Å². The lowest BCUT2D eigenvalue weighted by molar-refractivity contribution is -0.634. The molecule has 1 atom stereocenters. The second kappa shape index (κ2) is 8.60. The zero-order chi connectivity index (χ0) is 23.9. The summed E-state index contributed by atoms with van der Waals surface area (Å²) in [6, 6.07) is 16.8. The zero-order valence-corrected chi connectivity index (χ0v) is 22.4. The maximum absolute atomic E-state index is 6.51. The van der Waals surface area contributed by atoms with Crippen molar-refractivity contribution >= 4 is 8.32 Å². The Morgan fingerprint density at radius 2 is 1.44 bits per heavy atom. The Morgan fingerprint density at radius 1 is 0.844 bits per heavy atom. The normalized spacial score (nSPS) is 21.0. The second-order valence-corrected chi connectivity index (χ2v) is 15.8. The van der Waals surface area contributed by atoms with E-state index in [1.54, 1.807) is 7.11 Å². The third-order valence-electron chi connectivity index (χ3n) is 7.43. The second-order valence-electron chi connectivity index (χ2n) is 11.1. The Kier molecular flexibility index (Phi) is 6.71. The van der Waals surface area contributed by atoms with Gasteiger partial charge in [-0.05, 0) is 53.2 Å². The van der Waals surface area contributed by atoms with Crippen molar-refractivity contribution in [2.75, 3.05) is 7.11 Å². The van der Waals surface area contributed by atoms with Crippen molar-refractivity contribution < 1.29 is 18.9 Å². The number of hydrogen-bond donors (Lipinski definition) is 0. The van der Waals surface area contributed by atoms with E-state index >= 15 is 0 Å². The van der Waals surface area contributed by atoms with Crippen molar-refractivity contribution in [1.82, 2.24) is 0 Å². The first-order valence-electron chi connectivity index (χ1n) is 11.6. The minimum absolute atomic E-state index is 0.156. The molecular formula is C27H40O4Si. The summed E-state index contributed by atoms with van der Waals surface area (Å²) >= 11 is 0. The Labute approximate surface area is 195 Å². The summed E-state index contributed by atoms with van der Waals surface area (Å²) in [4.78, 5) is 11.5. The fraction of sp³-hybridized carbons (Fsp3) is 0.556. The van der Waals surface area contributed by atoms with Gasteiger partial charge in [-0.25, -0.2) is 4.89 Å². The Bertz CT molecular complexity index is 915. The summed E-state index contributed by atoms with van der Waals surface area (Å²) in [6.07, 6.45) is 0. The van der Waals surface area contributed by atoms with Gasteiger partial charge in [0.2, 0.25) is 8.32 Å². The van der Waals surface area contributed by atoms with Crippen LogP contribution in [0.4, 0.5) is 0 Å². The molecular weight excluding hydrogens is 416 g/mol. The quantitative estimate of drug-likeness (QED) is 0.318. The van der Waals surface area contributed by atoms with E-state index in [0.29, 0.717) is 0 Å². The van der Waals surface area contributed by atoms with E-state index in [-0.39, 0.29) is 16.9 Å². The smallest absolute Gasteiger partial charge is 0.260 e. The van der Waals surface area contributed by atoms with Crippen molar-refractivity contribution in [2.45, 2.75) is 78.0 Å². The van der Waals surface area contributed by atoms with E-state index in [9.17, 15) is 0 Å². The number of methoxy groups -OCH3 is 1. The van der Waals surface area contributed by atoms with Crippen LogP contribution in [0.3, 0.4) is 0 Å². The minimum Gasteiger partial charge on any atom is -0.543 e. The lowest BCUT2D eigenvalue weighted by Gasteiger charge is -2.59. The standard InChI is InChI=1S/C27H40O4Si/c1-19(2)26(20(3)4)27(28-8,31-30-26)23-16-14-21(15-17-23)22-12-11-13-24(18-22)29-32(9,10)25(5,6)7/h11-20H,1-10H3. The fourth-order valence-electron chi connectivity index (χ4n) is 4.49. The zero-order valence-electron chi connectivity index (χ0n) is 21.4. The molecule has 0 aromatic heterocycles. The van der Waals surface area contributed by atoms with Crippen molar-refractivity contribution in [2.24, 2.45) is 11.8 Å². The monoisotopic (exact) mass is 456 g/mol. The van der Waals surface area contributed by atoms with Crippen LogP contribution < -0.4 is 4.43 Å². The summed E-state index contributed by atoms with van der Waals surface area (Å²) in [5.74, 6) is 0.460. The van der Waals surface area contributed by atoms with E-state index in [1.807, 2.05) is 0 Å². The first-order valence-corrected chi connectivity index (χ1v) is 14.5. The van der Waals surface area contributed by atoms with E-state index in [4.69, 9.17) is 18.9 Å². The molecule has 1 saturated heterocycles. The van der Waals surface area contributed by atoms with Crippen LogP contribution >= 0.6 is 0 Å². The van der Waals surface area contributed by atoms with Crippen LogP contribution in [0.5, 0.6) is 5.75 Å². The van der Waals surface area contributed by atoms with Gasteiger partial charge in [-0.15, -0.1) is 0 Å². The van der Waals surface area contributed by atoms with Gasteiger partial charge < -0.3 is 9.16 Å². The highest BCUT2D eigenvalue weighted by molar-refractivity contribution is 6.74. The van der Waals surface area contributed by atoms with E-state index in [2.05, 4.69) is 110 Å². The first-order chi connectivity index (χ1) is 14.8. The highest BCUT2D eigenvalue weighted by Gasteiger charge is 2.69. The van der Waals surface area contributed by atoms with Crippen LogP contribution in [0, 0.1) is 11.8 Å². The Hall–Kier alpha value is -1.66. The van der Waals surface area contributed by atoms with Gasteiger partial charge in [-0.3, -0.25) is 0 Å². The molecule has 1 heterocycles. The lowest BCUT2D eigenvalue weighted by atomic mass is 9.70. The topological polar surface area (TPSA) is 36.9 Å². The average molecular weight is 457 g/mol. The molecule has 0 radical (unpaired) electrons. The predicted molar refractivity (Wildman–Crippen MR) is 133 cm³/mol. The highest BCUT2D eigenvalue weighted by atomic mass is 28.4. The van der Waals surface area contributed by atoms with Crippen LogP contribution in [-0.4, -0.2) is 21.0 Å². The summed E-state index contributed by atoms with van der Waals surface area (Å²) in [5, 5.41) is 0.156. The van der Waals surface area contributed by atoms with Gasteiger partial charge in [0.15, 0.2) is 5.60 Å². The average Bonchev–Trinajstić information content (AvgIpc) is 2.67. The third kappa shape index (κ3) is 3.94. The summed E-state index contributed by atoms with van der Waals surface area (Å²) in [7, 11) is -0.198. The summed E-state index contributed by atoms with van der Waals surface area (Å²) in [5.41, 5.74) is 2.68. The molecule has 0 bridgehead atoms. The molecule has 32 heavy (non-hydrogen) atoms. The largest absolute Gasteiger partial charge is 0.543 e. The van der Waals surface area contributed by atoms with Crippen LogP contribution in [0.25, 0.3) is 11.1 Å². The Morgan fingerprint density at radius 3 is 1.88 bits per heavy atom. The molecule has 1 aliphatic rings. The number of rotatable bonds is 7. The maximum Gasteiger partial charge on any atom is 0.260 e. The Balaban J connectivity index is 1.91. The minimum atomic E-state index is -1.89. The predicted octanol–water partition coefficient (Wildman–Crippen LogP) is 7.55.